The lowest BCUT2D eigenvalue weighted by Gasteiger charge is -2.06. The number of aromatic nitrogens is 4. The van der Waals surface area contributed by atoms with Gasteiger partial charge in [-0.25, -0.2) is 4.68 Å². The van der Waals surface area contributed by atoms with Crippen LogP contribution in [0.2, 0.25) is 0 Å². The van der Waals surface area contributed by atoms with Crippen molar-refractivity contribution in [3.63, 3.8) is 0 Å². The average Bonchev–Trinajstić information content (AvgIpc) is 3.48. The molecule has 2 heterocycles. The number of ether oxygens (including phenoxy) is 1. The molecule has 0 spiro atoms. The van der Waals surface area contributed by atoms with E-state index in [-0.39, 0.29) is 12.6 Å². The highest BCUT2D eigenvalue weighted by Crippen LogP contribution is 2.20. The maximum absolute atomic E-state index is 12.6. The highest BCUT2D eigenvalue weighted by molar-refractivity contribution is 6.02. The molecule has 0 unspecified atom stereocenters. The summed E-state index contributed by atoms with van der Waals surface area (Å²) in [5.74, 6) is 0.445. The first-order chi connectivity index (χ1) is 15.7. The van der Waals surface area contributed by atoms with Crippen molar-refractivity contribution in [2.45, 2.75) is 13.3 Å². The summed E-state index contributed by atoms with van der Waals surface area (Å²) in [6.45, 7) is 0.836. The van der Waals surface area contributed by atoms with E-state index in [0.29, 0.717) is 17.9 Å². The van der Waals surface area contributed by atoms with Gasteiger partial charge < -0.3 is 10.1 Å². The van der Waals surface area contributed by atoms with Gasteiger partial charge in [-0.3, -0.25) is 9.48 Å². The molecule has 1 amide bonds. The summed E-state index contributed by atoms with van der Waals surface area (Å²) in [4.78, 5) is 12.6. The third-order valence-corrected chi connectivity index (χ3v) is 5.08. The number of rotatable bonds is 7. The summed E-state index contributed by atoms with van der Waals surface area (Å²) in [7, 11) is 0. The molecule has 0 aliphatic carbocycles. The van der Waals surface area contributed by atoms with Gasteiger partial charge in [-0.1, -0.05) is 60.7 Å². The minimum absolute atomic E-state index is 0.222. The van der Waals surface area contributed by atoms with Crippen molar-refractivity contribution in [3.8, 4) is 5.75 Å². The van der Waals surface area contributed by atoms with Gasteiger partial charge in [0.1, 0.15) is 5.75 Å². The summed E-state index contributed by atoms with van der Waals surface area (Å²) in [5, 5.41) is 13.9. The van der Waals surface area contributed by atoms with Crippen LogP contribution in [0, 0.1) is 0 Å². The number of nitrogens with one attached hydrogen (secondary N) is 1. The Hall–Kier alpha value is -4.39. The number of carbonyl (C=O) groups is 1. The van der Waals surface area contributed by atoms with Crippen LogP contribution in [0.25, 0.3) is 10.8 Å². The van der Waals surface area contributed by atoms with Crippen LogP contribution in [0.3, 0.4) is 0 Å². The number of para-hydroxylation sites is 1. The molecule has 1 N–H and O–H groups in total. The average molecular weight is 423 g/mol. The molecule has 7 heteroatoms. The van der Waals surface area contributed by atoms with Crippen LogP contribution in [-0.2, 0) is 13.3 Å². The predicted molar refractivity (Wildman–Crippen MR) is 123 cm³/mol. The highest BCUT2D eigenvalue weighted by atomic mass is 16.5. The molecule has 0 aliphatic heterocycles. The van der Waals surface area contributed by atoms with Crippen LogP contribution in [0.4, 0.5) is 5.69 Å². The van der Waals surface area contributed by atoms with Crippen molar-refractivity contribution < 1.29 is 9.53 Å². The molecule has 7 nitrogen and oxygen atoms in total. The lowest BCUT2D eigenvalue weighted by atomic mass is 10.0. The monoisotopic (exact) mass is 423 g/mol. The van der Waals surface area contributed by atoms with Gasteiger partial charge in [0.25, 0.3) is 5.91 Å². The third kappa shape index (κ3) is 4.37. The number of anilines is 1. The maximum atomic E-state index is 12.6. The number of hydrogen-bond acceptors (Lipinski definition) is 4. The molecule has 5 aromatic rings. The second kappa shape index (κ2) is 8.77. The van der Waals surface area contributed by atoms with E-state index in [1.807, 2.05) is 59.4 Å². The number of nitrogens with zero attached hydrogens (tertiary/aromatic N) is 4. The van der Waals surface area contributed by atoms with Crippen molar-refractivity contribution in [1.82, 2.24) is 19.6 Å². The van der Waals surface area contributed by atoms with Crippen molar-refractivity contribution in [2.24, 2.45) is 0 Å². The van der Waals surface area contributed by atoms with E-state index in [9.17, 15) is 4.79 Å². The molecule has 0 bridgehead atoms. The largest absolute Gasteiger partial charge is 0.471 e. The van der Waals surface area contributed by atoms with Gasteiger partial charge in [0.15, 0.2) is 12.4 Å². The van der Waals surface area contributed by atoms with E-state index >= 15 is 0 Å². The molecule has 158 valence electrons. The number of benzene rings is 3. The van der Waals surface area contributed by atoms with E-state index < -0.39 is 0 Å². The van der Waals surface area contributed by atoms with Crippen molar-refractivity contribution in [2.75, 3.05) is 5.32 Å². The van der Waals surface area contributed by atoms with Crippen molar-refractivity contribution in [3.05, 3.63) is 109 Å². The Balaban J connectivity index is 1.22. The molecule has 0 saturated heterocycles. The maximum Gasteiger partial charge on any atom is 0.276 e. The van der Waals surface area contributed by atoms with Crippen LogP contribution in [-0.4, -0.2) is 25.5 Å². The second-order valence-corrected chi connectivity index (χ2v) is 7.35. The van der Waals surface area contributed by atoms with Crippen LogP contribution in [0.1, 0.15) is 16.1 Å². The molecular formula is C25H21N5O2. The fraction of sp³-hybridized carbons (Fsp3) is 0.0800. The van der Waals surface area contributed by atoms with Crippen LogP contribution >= 0.6 is 0 Å². The summed E-state index contributed by atoms with van der Waals surface area (Å²) in [6, 6.07) is 25.6. The molecule has 3 aromatic carbocycles. The smallest absolute Gasteiger partial charge is 0.276 e. The first-order valence-corrected chi connectivity index (χ1v) is 10.3. The fourth-order valence-electron chi connectivity index (χ4n) is 3.53. The Morgan fingerprint density at radius 3 is 2.62 bits per heavy atom. The fourth-order valence-corrected chi connectivity index (χ4v) is 3.53. The van der Waals surface area contributed by atoms with Crippen molar-refractivity contribution >= 4 is 22.4 Å². The summed E-state index contributed by atoms with van der Waals surface area (Å²) in [5.41, 5.74) is 2.09. The number of hydrogen-bond donors (Lipinski definition) is 1. The summed E-state index contributed by atoms with van der Waals surface area (Å²) in [6.07, 6.45) is 5.16. The normalized spacial score (nSPS) is 10.9. The van der Waals surface area contributed by atoms with E-state index in [1.54, 1.807) is 23.1 Å². The topological polar surface area (TPSA) is 74.0 Å². The molecule has 5 rings (SSSR count). The Labute approximate surface area is 184 Å². The van der Waals surface area contributed by atoms with E-state index in [1.165, 1.54) is 16.3 Å². The number of amides is 1. The van der Waals surface area contributed by atoms with Gasteiger partial charge in [-0.05, 0) is 34.5 Å². The molecular weight excluding hydrogens is 402 g/mol. The Bertz CT molecular complexity index is 1350. The Kier molecular flexibility index (Phi) is 5.36. The molecule has 32 heavy (non-hydrogen) atoms. The number of carbonyl (C=O) groups excluding carboxylic acids is 1. The zero-order valence-electron chi connectivity index (χ0n) is 17.3. The predicted octanol–water partition coefficient (Wildman–Crippen LogP) is 4.57. The van der Waals surface area contributed by atoms with Gasteiger partial charge in [0.05, 0.1) is 18.4 Å². The van der Waals surface area contributed by atoms with Gasteiger partial charge in [-0.15, -0.1) is 0 Å². The van der Waals surface area contributed by atoms with Gasteiger partial charge in [0, 0.05) is 12.4 Å². The summed E-state index contributed by atoms with van der Waals surface area (Å²) < 4.78 is 9.03. The molecule has 2 aromatic heterocycles. The minimum atomic E-state index is -0.298. The first-order valence-electron chi connectivity index (χ1n) is 10.3. The van der Waals surface area contributed by atoms with E-state index in [2.05, 4.69) is 39.8 Å². The molecule has 0 radical (unpaired) electrons. The van der Waals surface area contributed by atoms with Crippen LogP contribution in [0.15, 0.2) is 97.5 Å². The van der Waals surface area contributed by atoms with Crippen molar-refractivity contribution in [1.29, 1.82) is 0 Å². The zero-order valence-corrected chi connectivity index (χ0v) is 17.3. The SMILES string of the molecule is O=C(Nc1cnn(Cc2cccc3ccccc23)c1)c1ccn(COc2ccccc2)n1. The van der Waals surface area contributed by atoms with E-state index in [0.717, 1.165) is 5.75 Å². The lowest BCUT2D eigenvalue weighted by molar-refractivity contribution is 0.102. The molecule has 0 fully saturated rings. The highest BCUT2D eigenvalue weighted by Gasteiger charge is 2.12. The van der Waals surface area contributed by atoms with Crippen LogP contribution < -0.4 is 10.1 Å². The Morgan fingerprint density at radius 1 is 0.906 bits per heavy atom. The number of fused-ring (bicyclic) bond motifs is 1. The molecule has 0 saturated carbocycles. The lowest BCUT2D eigenvalue weighted by Crippen LogP contribution is -2.14. The Morgan fingerprint density at radius 2 is 1.72 bits per heavy atom. The minimum Gasteiger partial charge on any atom is -0.471 e. The zero-order chi connectivity index (χ0) is 21.8. The standard InChI is InChI=1S/C25H21N5O2/c31-25(24-13-14-29(28-24)18-32-22-10-2-1-3-11-22)27-21-15-26-30(17-21)16-20-9-6-8-19-7-4-5-12-23(19)20/h1-15,17H,16,18H2,(H,27,31). The second-order valence-electron chi connectivity index (χ2n) is 7.35. The molecule has 0 atom stereocenters. The van der Waals surface area contributed by atoms with Gasteiger partial charge >= 0.3 is 0 Å². The van der Waals surface area contributed by atoms with Gasteiger partial charge in [0.2, 0.25) is 0 Å². The van der Waals surface area contributed by atoms with Crippen LogP contribution in [0.5, 0.6) is 5.75 Å². The quantitative estimate of drug-likeness (QED) is 0.416. The first kappa shape index (κ1) is 19.6. The van der Waals surface area contributed by atoms with E-state index in [4.69, 9.17) is 4.74 Å². The third-order valence-electron chi connectivity index (χ3n) is 5.08. The molecule has 0 aliphatic rings. The van der Waals surface area contributed by atoms with Gasteiger partial charge in [-0.2, -0.15) is 10.2 Å². The summed E-state index contributed by atoms with van der Waals surface area (Å²) >= 11 is 0.